The van der Waals surface area contributed by atoms with Gasteiger partial charge in [-0.3, -0.25) is 19.2 Å². The Bertz CT molecular complexity index is 1330. The van der Waals surface area contributed by atoms with E-state index in [1.165, 1.54) is 20.8 Å². The number of aliphatic carboxylic acids is 1. The number of nitrogens with one attached hydrogen (secondary N) is 1. The van der Waals surface area contributed by atoms with Crippen molar-refractivity contribution in [2.45, 2.75) is 51.5 Å². The fraction of sp³-hybridized carbons (Fsp3) is 0.515. The number of aromatic nitrogens is 1. The topological polar surface area (TPSA) is 159 Å². The number of carbonyl (C=O) groups excluding carboxylic acids is 4. The van der Waals surface area contributed by atoms with Gasteiger partial charge in [-0.2, -0.15) is 0 Å². The molecule has 1 aromatic heterocycles. The highest BCUT2D eigenvalue weighted by Crippen LogP contribution is 2.21. The molecular weight excluding hydrogens is 594 g/mol. The van der Waals surface area contributed by atoms with E-state index in [9.17, 15) is 29.1 Å². The number of amides is 4. The van der Waals surface area contributed by atoms with Crippen LogP contribution in [0.1, 0.15) is 66.3 Å². The number of unbranched alkanes of at least 4 members (excludes halogenated alkanes) is 2. The van der Waals surface area contributed by atoms with Gasteiger partial charge in [-0.25, -0.2) is 9.78 Å². The highest BCUT2D eigenvalue weighted by molar-refractivity contribution is 6.01. The number of benzene rings is 1. The van der Waals surface area contributed by atoms with Crippen molar-refractivity contribution in [3.63, 3.8) is 0 Å². The summed E-state index contributed by atoms with van der Waals surface area (Å²) in [6, 6.07) is 10.9. The molecule has 2 heterocycles. The van der Waals surface area contributed by atoms with Crippen molar-refractivity contribution in [1.29, 1.82) is 0 Å². The third kappa shape index (κ3) is 10.8. The molecule has 1 saturated heterocycles. The van der Waals surface area contributed by atoms with Crippen LogP contribution < -0.4 is 5.32 Å². The van der Waals surface area contributed by atoms with Crippen LogP contribution >= 0.6 is 0 Å². The van der Waals surface area contributed by atoms with Gasteiger partial charge in [0.15, 0.2) is 0 Å². The number of carboxylic acid groups (broad SMARTS) is 1. The van der Waals surface area contributed by atoms with Crippen LogP contribution in [0.5, 0.6) is 0 Å². The van der Waals surface area contributed by atoms with Crippen LogP contribution in [0.15, 0.2) is 42.5 Å². The summed E-state index contributed by atoms with van der Waals surface area (Å²) in [6.07, 6.45) is 2.46. The van der Waals surface area contributed by atoms with Gasteiger partial charge in [-0.1, -0.05) is 50.1 Å². The second-order valence-electron chi connectivity index (χ2n) is 11.2. The quantitative estimate of drug-likeness (QED) is 0.263. The molecule has 1 aliphatic rings. The van der Waals surface area contributed by atoms with Crippen molar-refractivity contribution in [3.8, 4) is 11.3 Å². The number of nitrogens with zero attached hydrogens (tertiary/aromatic N) is 4. The van der Waals surface area contributed by atoms with E-state index in [-0.39, 0.29) is 56.2 Å². The average molecular weight is 640 g/mol. The van der Waals surface area contributed by atoms with E-state index >= 15 is 0 Å². The molecule has 3 rings (SSSR count). The molecule has 2 aromatic rings. The van der Waals surface area contributed by atoms with E-state index in [1.54, 1.807) is 32.4 Å². The third-order valence-corrected chi connectivity index (χ3v) is 7.64. The molecule has 0 unspecified atom stereocenters. The second kappa shape index (κ2) is 18.4. The molecule has 250 valence electrons. The van der Waals surface area contributed by atoms with Gasteiger partial charge in [0.2, 0.25) is 5.91 Å². The maximum Gasteiger partial charge on any atom is 0.409 e. The molecule has 0 bridgehead atoms. The van der Waals surface area contributed by atoms with Crippen LogP contribution in [-0.2, 0) is 19.1 Å². The molecule has 2 N–H and O–H groups in total. The lowest BCUT2D eigenvalue weighted by atomic mass is 10.1. The van der Waals surface area contributed by atoms with Gasteiger partial charge < -0.3 is 34.6 Å². The number of hydrogen-bond donors (Lipinski definition) is 2. The number of ether oxygens (including phenoxy) is 2. The van der Waals surface area contributed by atoms with Crippen LogP contribution in [0.2, 0.25) is 0 Å². The number of methoxy groups -OCH3 is 1. The zero-order valence-corrected chi connectivity index (χ0v) is 26.9. The summed E-state index contributed by atoms with van der Waals surface area (Å²) < 4.78 is 10.4. The van der Waals surface area contributed by atoms with Crippen LogP contribution in [0.3, 0.4) is 0 Å². The average Bonchev–Trinajstić information content (AvgIpc) is 3.07. The number of hydrogen-bond acceptors (Lipinski definition) is 8. The maximum atomic E-state index is 13.6. The molecule has 13 heteroatoms. The molecule has 0 radical (unpaired) electrons. The molecule has 1 atom stereocenters. The van der Waals surface area contributed by atoms with E-state index in [0.717, 1.165) is 19.3 Å². The fourth-order valence-corrected chi connectivity index (χ4v) is 4.99. The van der Waals surface area contributed by atoms with Crippen molar-refractivity contribution in [1.82, 2.24) is 25.0 Å². The minimum absolute atomic E-state index is 0.0845. The summed E-state index contributed by atoms with van der Waals surface area (Å²) in [5, 5.41) is 12.0. The van der Waals surface area contributed by atoms with Crippen LogP contribution in [0.4, 0.5) is 4.79 Å². The van der Waals surface area contributed by atoms with Gasteiger partial charge in [0.05, 0.1) is 12.3 Å². The van der Waals surface area contributed by atoms with E-state index in [0.29, 0.717) is 37.4 Å². The molecule has 1 fully saturated rings. The number of carbonyl (C=O) groups is 5. The molecule has 1 aromatic carbocycles. The van der Waals surface area contributed by atoms with Gasteiger partial charge in [0.25, 0.3) is 11.8 Å². The zero-order valence-electron chi connectivity index (χ0n) is 26.9. The molecule has 46 heavy (non-hydrogen) atoms. The molecule has 0 saturated carbocycles. The first kappa shape index (κ1) is 36.0. The first-order valence-corrected chi connectivity index (χ1v) is 15.7. The van der Waals surface area contributed by atoms with E-state index in [2.05, 4.69) is 17.2 Å². The third-order valence-electron chi connectivity index (χ3n) is 7.64. The largest absolute Gasteiger partial charge is 0.481 e. The number of piperazine rings is 1. The first-order valence-electron chi connectivity index (χ1n) is 15.7. The van der Waals surface area contributed by atoms with Crippen molar-refractivity contribution in [3.05, 3.63) is 53.7 Å². The zero-order chi connectivity index (χ0) is 33.5. The summed E-state index contributed by atoms with van der Waals surface area (Å²) >= 11 is 0. The van der Waals surface area contributed by atoms with Crippen LogP contribution in [-0.4, -0.2) is 121 Å². The van der Waals surface area contributed by atoms with Gasteiger partial charge >= 0.3 is 12.1 Å². The molecule has 0 spiro atoms. The fourth-order valence-electron chi connectivity index (χ4n) is 4.99. The van der Waals surface area contributed by atoms with Gasteiger partial charge in [-0.05, 0) is 31.4 Å². The Hall–Kier alpha value is -4.52. The Kier molecular flexibility index (Phi) is 14.4. The van der Waals surface area contributed by atoms with Crippen molar-refractivity contribution >= 4 is 29.8 Å². The molecule has 13 nitrogen and oxygen atoms in total. The predicted octanol–water partition coefficient (Wildman–Crippen LogP) is 3.29. The van der Waals surface area contributed by atoms with Gasteiger partial charge in [0, 0.05) is 71.0 Å². The van der Waals surface area contributed by atoms with Gasteiger partial charge in [0.1, 0.15) is 11.7 Å². The lowest BCUT2D eigenvalue weighted by Gasteiger charge is -2.36. The smallest absolute Gasteiger partial charge is 0.409 e. The SMILES string of the molecule is CCCCCOC(=O)N1CCN(C(=O)[C@H](CCC(=O)O)NC(=O)c2cc(C(=O)N(C)CCCOC)cc(-c3ccccc3)n2)CC1. The Labute approximate surface area is 269 Å². The second-order valence-corrected chi connectivity index (χ2v) is 11.2. The van der Waals surface area contributed by atoms with E-state index in [1.807, 2.05) is 18.2 Å². The summed E-state index contributed by atoms with van der Waals surface area (Å²) in [5.74, 6) is -2.60. The maximum absolute atomic E-state index is 13.6. The highest BCUT2D eigenvalue weighted by Gasteiger charge is 2.31. The van der Waals surface area contributed by atoms with Crippen LogP contribution in [0, 0.1) is 0 Å². The number of rotatable bonds is 16. The lowest BCUT2D eigenvalue weighted by Crippen LogP contribution is -2.56. The molecule has 0 aliphatic carbocycles. The van der Waals surface area contributed by atoms with E-state index < -0.39 is 29.9 Å². The Morgan fingerprint density at radius 1 is 0.978 bits per heavy atom. The Morgan fingerprint density at radius 2 is 1.67 bits per heavy atom. The van der Waals surface area contributed by atoms with Crippen molar-refractivity contribution in [2.24, 2.45) is 0 Å². The molecule has 4 amide bonds. The predicted molar refractivity (Wildman–Crippen MR) is 170 cm³/mol. The number of carboxylic acids is 1. The standard InChI is InChI=1S/C33H45N5O8/c1-4-5-9-21-46-33(44)38-18-16-37(17-19-38)32(43)26(13-14-29(39)40)35-30(41)28-23-25(31(42)36(2)15-10-20-45-3)22-27(34-28)24-11-7-6-8-12-24/h6-8,11-12,22-23,26H,4-5,9-10,13-21H2,1-3H3,(H,35,41)(H,39,40)/t26-/m0/s1. The van der Waals surface area contributed by atoms with Crippen LogP contribution in [0.25, 0.3) is 11.3 Å². The molecular formula is C33H45N5O8. The Morgan fingerprint density at radius 3 is 2.33 bits per heavy atom. The Balaban J connectivity index is 1.78. The summed E-state index contributed by atoms with van der Waals surface area (Å²) in [4.78, 5) is 73.4. The normalized spacial score (nSPS) is 13.5. The number of pyridine rings is 1. The van der Waals surface area contributed by atoms with Crippen molar-refractivity contribution in [2.75, 3.05) is 60.1 Å². The minimum atomic E-state index is -1.16. The highest BCUT2D eigenvalue weighted by atomic mass is 16.6. The first-order chi connectivity index (χ1) is 22.1. The minimum Gasteiger partial charge on any atom is -0.481 e. The monoisotopic (exact) mass is 639 g/mol. The summed E-state index contributed by atoms with van der Waals surface area (Å²) in [5.41, 5.74) is 1.24. The summed E-state index contributed by atoms with van der Waals surface area (Å²) in [6.45, 7) is 4.24. The lowest BCUT2D eigenvalue weighted by molar-refractivity contribution is -0.138. The summed E-state index contributed by atoms with van der Waals surface area (Å²) in [7, 11) is 3.25. The van der Waals surface area contributed by atoms with E-state index in [4.69, 9.17) is 9.47 Å². The van der Waals surface area contributed by atoms with Gasteiger partial charge in [-0.15, -0.1) is 0 Å². The molecule has 1 aliphatic heterocycles. The van der Waals surface area contributed by atoms with Crippen molar-refractivity contribution < 1.29 is 38.6 Å².